The molecule has 0 saturated heterocycles. The van der Waals surface area contributed by atoms with E-state index >= 15 is 0 Å². The summed E-state index contributed by atoms with van der Waals surface area (Å²) >= 11 is 0. The second-order valence-corrected chi connectivity index (χ2v) is 5.83. The average Bonchev–Trinajstić information content (AvgIpc) is 2.80. The minimum atomic E-state index is -1.31. The van der Waals surface area contributed by atoms with Crippen molar-refractivity contribution in [1.29, 1.82) is 0 Å². The lowest BCUT2D eigenvalue weighted by atomic mass is 9.72. The van der Waals surface area contributed by atoms with E-state index in [1.165, 1.54) is 6.07 Å². The van der Waals surface area contributed by atoms with Crippen LogP contribution in [0.15, 0.2) is 43.0 Å². The molecule has 0 aliphatic heterocycles. The van der Waals surface area contributed by atoms with Crippen molar-refractivity contribution in [2.24, 2.45) is 5.41 Å². The Morgan fingerprint density at radius 1 is 1.26 bits per heavy atom. The number of hydrogen-bond acceptors (Lipinski definition) is 2. The van der Waals surface area contributed by atoms with Gasteiger partial charge in [-0.2, -0.15) is 0 Å². The third kappa shape index (κ3) is 2.54. The molecule has 0 aliphatic rings. The molecule has 0 saturated carbocycles. The van der Waals surface area contributed by atoms with Gasteiger partial charge in [0.1, 0.15) is 11.4 Å². The Kier molecular flexibility index (Phi) is 3.45. The van der Waals surface area contributed by atoms with Crippen LogP contribution in [0.4, 0.5) is 4.39 Å². The molecule has 1 atom stereocenters. The second kappa shape index (κ2) is 4.78. The average molecular weight is 262 g/mol. The Bertz CT molecular complexity index is 546. The minimum Gasteiger partial charge on any atom is -0.383 e. The normalized spacial score (nSPS) is 15.2. The topological polar surface area (TPSA) is 38.0 Å². The number of hydrogen-bond donors (Lipinski definition) is 1. The summed E-state index contributed by atoms with van der Waals surface area (Å²) in [5.74, 6) is -0.389. The Balaban J connectivity index is 2.50. The predicted octanol–water partition coefficient (Wildman–Crippen LogP) is 2.96. The summed E-state index contributed by atoms with van der Waals surface area (Å²) in [5, 5.41) is 11.1. The van der Waals surface area contributed by atoms with Gasteiger partial charge in [-0.15, -0.1) is 0 Å². The van der Waals surface area contributed by atoms with Crippen molar-refractivity contribution in [3.8, 4) is 0 Å². The number of benzene rings is 1. The summed E-state index contributed by atoms with van der Waals surface area (Å²) in [6.45, 7) is 5.96. The van der Waals surface area contributed by atoms with Gasteiger partial charge in [0.15, 0.2) is 0 Å². The Labute approximate surface area is 112 Å². The zero-order valence-electron chi connectivity index (χ0n) is 11.5. The van der Waals surface area contributed by atoms with Crippen LogP contribution >= 0.6 is 0 Å². The third-order valence-corrected chi connectivity index (χ3v) is 3.53. The molecule has 1 aromatic heterocycles. The summed E-state index contributed by atoms with van der Waals surface area (Å²) in [6, 6.07) is 6.37. The number of rotatable bonds is 3. The van der Waals surface area contributed by atoms with Crippen LogP contribution in [0.1, 0.15) is 26.3 Å². The predicted molar refractivity (Wildman–Crippen MR) is 72.0 cm³/mol. The smallest absolute Gasteiger partial charge is 0.129 e. The van der Waals surface area contributed by atoms with Gasteiger partial charge in [-0.05, 0) is 11.5 Å². The molecule has 0 radical (unpaired) electrons. The SMILES string of the molecule is CC(C)(C)C(O)(Cn1ccnc1)c1ccccc1F. The fourth-order valence-electron chi connectivity index (χ4n) is 2.17. The minimum absolute atomic E-state index is 0.261. The van der Waals surface area contributed by atoms with Crippen LogP contribution in [0.2, 0.25) is 0 Å². The Hall–Kier alpha value is -1.68. The van der Waals surface area contributed by atoms with Crippen molar-refractivity contribution < 1.29 is 9.50 Å². The zero-order valence-corrected chi connectivity index (χ0v) is 11.5. The molecular weight excluding hydrogens is 243 g/mol. The van der Waals surface area contributed by atoms with E-state index in [0.29, 0.717) is 5.56 Å². The maximum atomic E-state index is 14.1. The summed E-state index contributed by atoms with van der Waals surface area (Å²) in [7, 11) is 0. The summed E-state index contributed by atoms with van der Waals surface area (Å²) < 4.78 is 15.8. The molecule has 0 amide bonds. The van der Waals surface area contributed by atoms with Gasteiger partial charge in [-0.1, -0.05) is 39.0 Å². The van der Waals surface area contributed by atoms with Crippen molar-refractivity contribution in [3.05, 3.63) is 54.4 Å². The fraction of sp³-hybridized carbons (Fsp3) is 0.400. The summed E-state index contributed by atoms with van der Waals surface area (Å²) in [4.78, 5) is 3.96. The van der Waals surface area contributed by atoms with Gasteiger partial charge in [0.2, 0.25) is 0 Å². The fourth-order valence-corrected chi connectivity index (χ4v) is 2.17. The molecule has 1 N–H and O–H groups in total. The molecule has 19 heavy (non-hydrogen) atoms. The first kappa shape index (κ1) is 13.7. The number of aliphatic hydroxyl groups is 1. The maximum absolute atomic E-state index is 14.1. The van der Waals surface area contributed by atoms with Crippen LogP contribution in [-0.4, -0.2) is 14.7 Å². The second-order valence-electron chi connectivity index (χ2n) is 5.83. The Morgan fingerprint density at radius 2 is 1.95 bits per heavy atom. The molecule has 1 heterocycles. The molecule has 0 aliphatic carbocycles. The number of nitrogens with zero attached hydrogens (tertiary/aromatic N) is 2. The summed E-state index contributed by atoms with van der Waals surface area (Å²) in [6.07, 6.45) is 5.03. The van der Waals surface area contributed by atoms with E-state index in [1.54, 1.807) is 41.5 Å². The van der Waals surface area contributed by atoms with E-state index in [-0.39, 0.29) is 12.4 Å². The zero-order chi connectivity index (χ0) is 14.1. The van der Waals surface area contributed by atoms with Gasteiger partial charge < -0.3 is 9.67 Å². The number of halogens is 1. The van der Waals surface area contributed by atoms with Crippen molar-refractivity contribution in [3.63, 3.8) is 0 Å². The Morgan fingerprint density at radius 3 is 2.47 bits per heavy atom. The molecule has 0 bridgehead atoms. The standard InChI is InChI=1S/C15H19FN2O/c1-14(2,3)15(19,10-18-9-8-17-11-18)12-6-4-5-7-13(12)16/h4-9,11,19H,10H2,1-3H3. The largest absolute Gasteiger partial charge is 0.383 e. The molecule has 3 nitrogen and oxygen atoms in total. The highest BCUT2D eigenvalue weighted by molar-refractivity contribution is 5.26. The molecular formula is C15H19FN2O. The molecule has 2 aromatic rings. The van der Waals surface area contributed by atoms with E-state index in [1.807, 2.05) is 20.8 Å². The lowest BCUT2D eigenvalue weighted by molar-refractivity contribution is -0.0806. The van der Waals surface area contributed by atoms with Crippen molar-refractivity contribution in [1.82, 2.24) is 9.55 Å². The van der Waals surface area contributed by atoms with Gasteiger partial charge in [0.05, 0.1) is 12.9 Å². The molecule has 2 rings (SSSR count). The van der Waals surface area contributed by atoms with E-state index in [0.717, 1.165) is 0 Å². The molecule has 0 fully saturated rings. The number of imidazole rings is 1. The van der Waals surface area contributed by atoms with Crippen LogP contribution in [-0.2, 0) is 12.1 Å². The van der Waals surface area contributed by atoms with Gasteiger partial charge in [-0.3, -0.25) is 0 Å². The third-order valence-electron chi connectivity index (χ3n) is 3.53. The lowest BCUT2D eigenvalue weighted by Gasteiger charge is -2.41. The quantitative estimate of drug-likeness (QED) is 0.923. The first-order valence-corrected chi connectivity index (χ1v) is 6.28. The first-order valence-electron chi connectivity index (χ1n) is 6.28. The van der Waals surface area contributed by atoms with E-state index in [2.05, 4.69) is 4.98 Å². The highest BCUT2D eigenvalue weighted by Crippen LogP contribution is 2.41. The molecule has 102 valence electrons. The number of aromatic nitrogens is 2. The monoisotopic (exact) mass is 262 g/mol. The lowest BCUT2D eigenvalue weighted by Crippen LogP contribution is -2.44. The van der Waals surface area contributed by atoms with Crippen LogP contribution < -0.4 is 0 Å². The first-order chi connectivity index (χ1) is 8.84. The maximum Gasteiger partial charge on any atom is 0.129 e. The van der Waals surface area contributed by atoms with Gasteiger partial charge in [-0.25, -0.2) is 9.37 Å². The van der Waals surface area contributed by atoms with Gasteiger partial charge in [0.25, 0.3) is 0 Å². The van der Waals surface area contributed by atoms with Crippen LogP contribution in [0.3, 0.4) is 0 Å². The summed E-state index contributed by atoms with van der Waals surface area (Å²) in [5.41, 5.74) is -1.50. The van der Waals surface area contributed by atoms with Crippen LogP contribution in [0, 0.1) is 11.2 Å². The van der Waals surface area contributed by atoms with Crippen LogP contribution in [0.25, 0.3) is 0 Å². The van der Waals surface area contributed by atoms with E-state index in [9.17, 15) is 9.50 Å². The highest BCUT2D eigenvalue weighted by atomic mass is 19.1. The van der Waals surface area contributed by atoms with Gasteiger partial charge in [0, 0.05) is 18.0 Å². The van der Waals surface area contributed by atoms with Crippen molar-refractivity contribution in [2.45, 2.75) is 32.9 Å². The van der Waals surface area contributed by atoms with Crippen molar-refractivity contribution >= 4 is 0 Å². The van der Waals surface area contributed by atoms with E-state index < -0.39 is 11.0 Å². The molecule has 4 heteroatoms. The molecule has 1 unspecified atom stereocenters. The molecule has 0 spiro atoms. The molecule has 1 aromatic carbocycles. The van der Waals surface area contributed by atoms with Crippen molar-refractivity contribution in [2.75, 3.05) is 0 Å². The highest BCUT2D eigenvalue weighted by Gasteiger charge is 2.43. The van der Waals surface area contributed by atoms with Crippen LogP contribution in [0.5, 0.6) is 0 Å². The van der Waals surface area contributed by atoms with Gasteiger partial charge >= 0.3 is 0 Å². The van der Waals surface area contributed by atoms with E-state index in [4.69, 9.17) is 0 Å².